The zero-order chi connectivity index (χ0) is 16.8. The minimum Gasteiger partial charge on any atom is -0.569 e. The minimum absolute atomic E-state index is 0.0587. The van der Waals surface area contributed by atoms with Crippen molar-refractivity contribution < 1.29 is 4.55 Å². The van der Waals surface area contributed by atoms with E-state index in [4.69, 9.17) is 11.0 Å². The fourth-order valence-electron chi connectivity index (χ4n) is 1.91. The van der Waals surface area contributed by atoms with E-state index in [1.807, 2.05) is 17.4 Å². The van der Waals surface area contributed by atoms with E-state index in [-0.39, 0.29) is 10.6 Å². The summed E-state index contributed by atoms with van der Waals surface area (Å²) < 4.78 is 14.2. The van der Waals surface area contributed by atoms with Crippen LogP contribution in [0.3, 0.4) is 0 Å². The maximum atomic E-state index is 11.5. The van der Waals surface area contributed by atoms with Gasteiger partial charge in [-0.3, -0.25) is 4.99 Å². The van der Waals surface area contributed by atoms with Crippen LogP contribution in [0.15, 0.2) is 17.1 Å². The monoisotopic (exact) mass is 369 g/mol. The molecule has 0 saturated carbocycles. The van der Waals surface area contributed by atoms with Gasteiger partial charge < -0.3 is 15.2 Å². The van der Waals surface area contributed by atoms with E-state index in [0.717, 1.165) is 18.1 Å². The Balaban J connectivity index is 1.81. The summed E-state index contributed by atoms with van der Waals surface area (Å²) in [7, 11) is 2.57. The second-order valence-electron chi connectivity index (χ2n) is 5.11. The fraction of sp³-hybridized carbons (Fsp3) is 0.429. The van der Waals surface area contributed by atoms with Crippen LogP contribution in [0.5, 0.6) is 0 Å². The van der Waals surface area contributed by atoms with Crippen LogP contribution in [-0.4, -0.2) is 40.2 Å². The molecule has 0 bridgehead atoms. The van der Waals surface area contributed by atoms with E-state index in [1.54, 1.807) is 11.8 Å². The molecule has 2 aromatic rings. The second kappa shape index (κ2) is 8.52. The highest BCUT2D eigenvalue weighted by atomic mass is 32.2. The lowest BCUT2D eigenvalue weighted by Crippen LogP contribution is -2.09. The number of nitrogen functional groups attached to an aromatic ring is 1. The summed E-state index contributed by atoms with van der Waals surface area (Å²) in [6, 6.07) is 6.18. The Bertz CT molecular complexity index is 753. The van der Waals surface area contributed by atoms with E-state index in [9.17, 15) is 4.55 Å². The first-order chi connectivity index (χ1) is 11.0. The number of aromatic nitrogens is 1. The van der Waals surface area contributed by atoms with Crippen LogP contribution in [0, 0.1) is 11.3 Å². The Hall–Kier alpha value is -1.31. The molecule has 3 N–H and O–H groups in total. The van der Waals surface area contributed by atoms with E-state index in [1.165, 1.54) is 9.75 Å². The molecule has 0 aromatic carbocycles. The summed E-state index contributed by atoms with van der Waals surface area (Å²) in [5.74, 6) is 1.80. The van der Waals surface area contributed by atoms with Crippen molar-refractivity contribution >= 4 is 39.7 Å². The molecule has 2 rings (SSSR count). The number of thioether (sulfide) groups is 1. The number of H-pyrrole nitrogens is 1. The highest BCUT2D eigenvalue weighted by Crippen LogP contribution is 2.22. The molecule has 2 heterocycles. The quantitative estimate of drug-likeness (QED) is 0.575. The maximum absolute atomic E-state index is 11.5. The summed E-state index contributed by atoms with van der Waals surface area (Å²) >= 11 is 3.63. The molecule has 0 saturated heterocycles. The van der Waals surface area contributed by atoms with Gasteiger partial charge in [0.05, 0.1) is 17.5 Å². The highest BCUT2D eigenvalue weighted by Gasteiger charge is 2.14. The van der Waals surface area contributed by atoms with Crippen molar-refractivity contribution in [2.24, 2.45) is 4.99 Å². The van der Waals surface area contributed by atoms with E-state index >= 15 is 0 Å². The summed E-state index contributed by atoms with van der Waals surface area (Å²) in [5, 5.41) is 8.84. The van der Waals surface area contributed by atoms with Gasteiger partial charge in [-0.15, -0.1) is 11.3 Å². The van der Waals surface area contributed by atoms with Crippen molar-refractivity contribution in [3.05, 3.63) is 32.3 Å². The van der Waals surface area contributed by atoms with Crippen molar-refractivity contribution in [2.75, 3.05) is 32.1 Å². The first kappa shape index (κ1) is 18.0. The Kier molecular flexibility index (Phi) is 6.68. The molecular formula is C14H19N5OS3. The Morgan fingerprint density at radius 1 is 1.48 bits per heavy atom. The van der Waals surface area contributed by atoms with E-state index in [2.05, 4.69) is 40.5 Å². The molecule has 0 amide bonds. The first-order valence-corrected chi connectivity index (χ1v) is 10.1. The Morgan fingerprint density at radius 3 is 2.87 bits per heavy atom. The Morgan fingerprint density at radius 2 is 2.22 bits per heavy atom. The highest BCUT2D eigenvalue weighted by molar-refractivity contribution is 7.98. The van der Waals surface area contributed by atoms with Gasteiger partial charge in [0.15, 0.2) is 17.2 Å². The number of rotatable bonds is 7. The van der Waals surface area contributed by atoms with Crippen LogP contribution < -0.4 is 11.2 Å². The first-order valence-electron chi connectivity index (χ1n) is 6.94. The van der Waals surface area contributed by atoms with Crippen LogP contribution in [-0.2, 0) is 12.3 Å². The molecular weight excluding hydrogens is 350 g/mol. The number of nitrogens with one attached hydrogen (secondary N) is 1. The topological polar surface area (TPSA) is 104 Å². The van der Waals surface area contributed by atoms with Crippen LogP contribution in [0.2, 0.25) is 0 Å². The van der Waals surface area contributed by atoms with Gasteiger partial charge in [0, 0.05) is 27.8 Å². The third-order valence-corrected chi connectivity index (χ3v) is 6.22. The summed E-state index contributed by atoms with van der Waals surface area (Å²) in [4.78, 5) is 9.22. The number of nitriles is 1. The molecule has 0 aliphatic heterocycles. The number of thiophene rings is 1. The number of nitrogens with zero attached hydrogens (tertiary/aromatic N) is 3. The van der Waals surface area contributed by atoms with Crippen LogP contribution >= 0.6 is 34.0 Å². The van der Waals surface area contributed by atoms with Crippen LogP contribution in [0.4, 0.5) is 5.69 Å². The fourth-order valence-corrected chi connectivity index (χ4v) is 4.82. The number of aromatic amines is 1. The third kappa shape index (κ3) is 5.09. The average molecular weight is 370 g/mol. The number of hydrogen-bond donors (Lipinski definition) is 2. The number of nitrogens with two attached hydrogens (primary N) is 1. The van der Waals surface area contributed by atoms with Crippen LogP contribution in [0.25, 0.3) is 0 Å². The number of anilines is 1. The maximum Gasteiger partial charge on any atom is 0.297 e. The lowest BCUT2D eigenvalue weighted by atomic mass is 10.4. The largest absolute Gasteiger partial charge is 0.569 e. The van der Waals surface area contributed by atoms with Gasteiger partial charge in [-0.1, -0.05) is 0 Å². The molecule has 1 unspecified atom stereocenters. The van der Waals surface area contributed by atoms with Crippen LogP contribution in [0.1, 0.15) is 14.6 Å². The van der Waals surface area contributed by atoms with Crippen molar-refractivity contribution in [1.29, 1.82) is 5.26 Å². The standard InChI is InChI=1S/C14H19N5OS3/c1-19(2)8-10-3-4-11(22-10)9-21-6-5-17-14-13(16)12(7-15)23(20)18-14/h3-4H,5-6,8-9,16H2,1-2H3,(H,17,18). The molecule has 0 radical (unpaired) electrons. The van der Waals surface area contributed by atoms with Crippen molar-refractivity contribution in [2.45, 2.75) is 12.3 Å². The molecule has 0 spiro atoms. The number of hydrogen-bond acceptors (Lipinski definition) is 7. The van der Waals surface area contributed by atoms with Gasteiger partial charge in [-0.05, 0) is 26.2 Å². The minimum atomic E-state index is -1.56. The van der Waals surface area contributed by atoms with E-state index < -0.39 is 10.9 Å². The summed E-state index contributed by atoms with van der Waals surface area (Å²) in [6.45, 7) is 1.54. The van der Waals surface area contributed by atoms with Gasteiger partial charge in [0.1, 0.15) is 0 Å². The lowest BCUT2D eigenvalue weighted by molar-refractivity contribution is 0.406. The zero-order valence-electron chi connectivity index (χ0n) is 13.0. The van der Waals surface area contributed by atoms with Gasteiger partial charge in [-0.25, -0.2) is 0 Å². The Labute approximate surface area is 146 Å². The molecule has 2 aromatic heterocycles. The van der Waals surface area contributed by atoms with Gasteiger partial charge in [0.2, 0.25) is 0 Å². The molecule has 6 nitrogen and oxygen atoms in total. The SMILES string of the molecule is CN(C)Cc1ccc(CSCCN=c2[nH][s+]([O-])c(C#N)c2N)s1. The van der Waals surface area contributed by atoms with Gasteiger partial charge in [-0.2, -0.15) is 21.4 Å². The summed E-state index contributed by atoms with van der Waals surface area (Å²) in [5.41, 5.74) is 6.30. The molecule has 0 fully saturated rings. The van der Waals surface area contributed by atoms with E-state index in [0.29, 0.717) is 12.0 Å². The predicted octanol–water partition coefficient (Wildman–Crippen LogP) is 2.15. The molecule has 23 heavy (non-hydrogen) atoms. The smallest absolute Gasteiger partial charge is 0.297 e. The second-order valence-corrected chi connectivity index (χ2v) is 8.62. The molecule has 1 atom stereocenters. The van der Waals surface area contributed by atoms with Crippen molar-refractivity contribution in [3.63, 3.8) is 0 Å². The molecule has 9 heteroatoms. The molecule has 0 aliphatic carbocycles. The van der Waals surface area contributed by atoms with Gasteiger partial charge >= 0.3 is 0 Å². The van der Waals surface area contributed by atoms with Crippen molar-refractivity contribution in [3.8, 4) is 6.07 Å². The zero-order valence-corrected chi connectivity index (χ0v) is 15.5. The normalized spacial score (nSPS) is 12.8. The molecule has 0 aliphatic rings. The van der Waals surface area contributed by atoms with Crippen molar-refractivity contribution in [1.82, 2.24) is 9.27 Å². The molecule has 124 valence electrons. The predicted molar refractivity (Wildman–Crippen MR) is 96.9 cm³/mol. The lowest BCUT2D eigenvalue weighted by Gasteiger charge is -2.05. The summed E-state index contributed by atoms with van der Waals surface area (Å²) in [6.07, 6.45) is 0. The third-order valence-electron chi connectivity index (χ3n) is 2.92. The average Bonchev–Trinajstić information content (AvgIpc) is 3.03. The van der Waals surface area contributed by atoms with Gasteiger partial charge in [0.25, 0.3) is 4.88 Å².